The fraction of sp³-hybridized carbons (Fsp3) is 0.278. The van der Waals surface area contributed by atoms with Crippen molar-refractivity contribution in [2.75, 3.05) is 24.6 Å². The summed E-state index contributed by atoms with van der Waals surface area (Å²) in [5.74, 6) is -4.47. The number of rotatable bonds is 5. The standard InChI is InChI=1S/C18H14F2N8O4/c19-18(20)8-28(6-9(18)7-32-14-5-22-10(2-21)3-23-14)13-1-12(26-27-16(13)30)11-4-24-17(31)25-15(11)29/h1,3-5,9H,6-8H2,(H,27,30)(H2,24,25,29,31)/t9-/m1/s1. The van der Waals surface area contributed by atoms with Crippen LogP contribution in [0, 0.1) is 17.2 Å². The van der Waals surface area contributed by atoms with Gasteiger partial charge in [-0.15, -0.1) is 0 Å². The average Bonchev–Trinajstić information content (AvgIpc) is 3.07. The molecule has 0 bridgehead atoms. The van der Waals surface area contributed by atoms with E-state index in [1.165, 1.54) is 11.0 Å². The van der Waals surface area contributed by atoms with Crippen molar-refractivity contribution >= 4 is 5.69 Å². The zero-order valence-electron chi connectivity index (χ0n) is 16.1. The number of aromatic nitrogens is 6. The van der Waals surface area contributed by atoms with Crippen molar-refractivity contribution in [3.8, 4) is 23.2 Å². The normalized spacial score (nSPS) is 17.2. The van der Waals surface area contributed by atoms with Gasteiger partial charge in [0, 0.05) is 12.7 Å². The molecule has 1 aliphatic rings. The molecule has 1 fully saturated rings. The summed E-state index contributed by atoms with van der Waals surface area (Å²) < 4.78 is 34.5. The summed E-state index contributed by atoms with van der Waals surface area (Å²) in [6.45, 7) is -1.38. The van der Waals surface area contributed by atoms with Gasteiger partial charge in [0.05, 0.1) is 36.1 Å². The third-order valence-corrected chi connectivity index (χ3v) is 4.83. The van der Waals surface area contributed by atoms with E-state index in [1.54, 1.807) is 6.07 Å². The number of ether oxygens (including phenoxy) is 1. The Morgan fingerprint density at radius 3 is 2.75 bits per heavy atom. The number of anilines is 1. The maximum atomic E-state index is 14.6. The molecular weight excluding hydrogens is 430 g/mol. The summed E-state index contributed by atoms with van der Waals surface area (Å²) in [5.41, 5.74) is -2.30. The lowest BCUT2D eigenvalue weighted by Crippen LogP contribution is -2.32. The fourth-order valence-corrected chi connectivity index (χ4v) is 3.21. The van der Waals surface area contributed by atoms with Crippen LogP contribution in [-0.4, -0.2) is 55.8 Å². The number of nitrogens with zero attached hydrogens (tertiary/aromatic N) is 5. The van der Waals surface area contributed by atoms with Crippen molar-refractivity contribution in [3.05, 3.63) is 61.5 Å². The highest BCUT2D eigenvalue weighted by Gasteiger charge is 2.49. The Labute approximate surface area is 176 Å². The smallest absolute Gasteiger partial charge is 0.325 e. The Morgan fingerprint density at radius 1 is 1.25 bits per heavy atom. The summed E-state index contributed by atoms with van der Waals surface area (Å²) >= 11 is 0. The van der Waals surface area contributed by atoms with Crippen LogP contribution >= 0.6 is 0 Å². The monoisotopic (exact) mass is 444 g/mol. The topological polar surface area (TPSA) is 174 Å². The second kappa shape index (κ2) is 8.02. The van der Waals surface area contributed by atoms with Crippen LogP contribution in [0.2, 0.25) is 0 Å². The van der Waals surface area contributed by atoms with E-state index in [9.17, 15) is 23.2 Å². The van der Waals surface area contributed by atoms with Crippen LogP contribution < -0.4 is 26.4 Å². The lowest BCUT2D eigenvalue weighted by atomic mass is 10.1. The van der Waals surface area contributed by atoms with Gasteiger partial charge in [-0.3, -0.25) is 14.6 Å². The molecule has 1 atom stereocenters. The van der Waals surface area contributed by atoms with E-state index >= 15 is 0 Å². The number of hydrogen-bond donors (Lipinski definition) is 3. The van der Waals surface area contributed by atoms with Gasteiger partial charge in [0.2, 0.25) is 5.88 Å². The van der Waals surface area contributed by atoms with Crippen molar-refractivity contribution in [3.63, 3.8) is 0 Å². The molecule has 32 heavy (non-hydrogen) atoms. The van der Waals surface area contributed by atoms with Gasteiger partial charge in [-0.1, -0.05) is 0 Å². The van der Waals surface area contributed by atoms with Crippen molar-refractivity contribution in [1.29, 1.82) is 5.26 Å². The average molecular weight is 444 g/mol. The van der Waals surface area contributed by atoms with E-state index in [0.717, 1.165) is 18.6 Å². The lowest BCUT2D eigenvalue weighted by molar-refractivity contribution is -0.0359. The van der Waals surface area contributed by atoms with E-state index in [1.807, 2.05) is 4.98 Å². The highest BCUT2D eigenvalue weighted by Crippen LogP contribution is 2.35. The number of halogens is 2. The molecule has 1 saturated heterocycles. The van der Waals surface area contributed by atoms with Gasteiger partial charge in [0.1, 0.15) is 18.4 Å². The van der Waals surface area contributed by atoms with E-state index < -0.39 is 41.8 Å². The summed E-state index contributed by atoms with van der Waals surface area (Å²) in [4.78, 5) is 48.5. The van der Waals surface area contributed by atoms with Gasteiger partial charge < -0.3 is 14.6 Å². The molecule has 14 heteroatoms. The van der Waals surface area contributed by atoms with E-state index in [-0.39, 0.29) is 35.1 Å². The summed E-state index contributed by atoms with van der Waals surface area (Å²) in [6, 6.07) is 2.99. The van der Waals surface area contributed by atoms with Gasteiger partial charge in [-0.2, -0.15) is 10.4 Å². The van der Waals surface area contributed by atoms with Crippen LogP contribution in [0.4, 0.5) is 14.5 Å². The molecule has 0 spiro atoms. The molecule has 164 valence electrons. The maximum absolute atomic E-state index is 14.6. The van der Waals surface area contributed by atoms with Crippen LogP contribution in [0.25, 0.3) is 11.3 Å². The third kappa shape index (κ3) is 4.08. The molecule has 1 aliphatic heterocycles. The minimum Gasteiger partial charge on any atom is -0.476 e. The molecule has 0 aromatic carbocycles. The first-order valence-electron chi connectivity index (χ1n) is 9.16. The van der Waals surface area contributed by atoms with E-state index in [0.29, 0.717) is 0 Å². The predicted molar refractivity (Wildman–Crippen MR) is 104 cm³/mol. The minimum atomic E-state index is -3.19. The number of aromatic amines is 3. The van der Waals surface area contributed by atoms with Gasteiger partial charge in [0.25, 0.3) is 17.0 Å². The molecule has 0 radical (unpaired) electrons. The molecule has 0 unspecified atom stereocenters. The van der Waals surface area contributed by atoms with Gasteiger partial charge in [-0.25, -0.2) is 28.6 Å². The molecule has 3 N–H and O–H groups in total. The molecule has 0 aliphatic carbocycles. The molecule has 0 saturated carbocycles. The Kier molecular flexibility index (Phi) is 5.23. The van der Waals surface area contributed by atoms with Crippen LogP contribution in [0.15, 0.2) is 39.0 Å². The van der Waals surface area contributed by atoms with E-state index in [4.69, 9.17) is 10.00 Å². The van der Waals surface area contributed by atoms with Crippen LogP contribution in [0.1, 0.15) is 5.69 Å². The maximum Gasteiger partial charge on any atom is 0.325 e. The predicted octanol–water partition coefficient (Wildman–Crippen LogP) is -0.374. The fourth-order valence-electron chi connectivity index (χ4n) is 3.21. The largest absolute Gasteiger partial charge is 0.476 e. The molecule has 3 aromatic rings. The Morgan fingerprint density at radius 2 is 2.06 bits per heavy atom. The molecular formula is C18H14F2N8O4. The van der Waals surface area contributed by atoms with Crippen LogP contribution in [0.3, 0.4) is 0 Å². The Bertz CT molecular complexity index is 1360. The van der Waals surface area contributed by atoms with Crippen molar-refractivity contribution in [1.82, 2.24) is 30.1 Å². The number of hydrogen-bond acceptors (Lipinski definition) is 9. The zero-order chi connectivity index (χ0) is 22.9. The number of H-pyrrole nitrogens is 3. The summed E-state index contributed by atoms with van der Waals surface area (Å²) in [6.07, 6.45) is 3.43. The first-order chi connectivity index (χ1) is 15.3. The van der Waals surface area contributed by atoms with Crippen molar-refractivity contribution < 1.29 is 13.5 Å². The number of nitriles is 1. The van der Waals surface area contributed by atoms with E-state index in [2.05, 4.69) is 25.1 Å². The molecule has 4 heterocycles. The van der Waals surface area contributed by atoms with Gasteiger partial charge in [0.15, 0.2) is 5.69 Å². The second-order valence-electron chi connectivity index (χ2n) is 6.95. The molecule has 3 aromatic heterocycles. The highest BCUT2D eigenvalue weighted by molar-refractivity contribution is 5.62. The SMILES string of the molecule is N#Cc1cnc(OC[C@H]2CN(c3cc(-c4c[nH]c(=O)[nH]c4=O)n[nH]c3=O)CC2(F)F)cn1. The highest BCUT2D eigenvalue weighted by atomic mass is 19.3. The number of alkyl halides is 2. The Balaban J connectivity index is 1.55. The summed E-state index contributed by atoms with van der Waals surface area (Å²) in [5, 5.41) is 14.7. The zero-order valence-corrected chi connectivity index (χ0v) is 16.1. The van der Waals surface area contributed by atoms with Crippen LogP contribution in [0.5, 0.6) is 5.88 Å². The quantitative estimate of drug-likeness (QED) is 0.474. The summed E-state index contributed by atoms with van der Waals surface area (Å²) in [7, 11) is 0. The molecule has 4 rings (SSSR count). The van der Waals surface area contributed by atoms with Gasteiger partial charge in [-0.05, 0) is 6.07 Å². The first-order valence-corrected chi connectivity index (χ1v) is 9.16. The minimum absolute atomic E-state index is 0.00651. The van der Waals surface area contributed by atoms with Crippen LogP contribution in [-0.2, 0) is 0 Å². The van der Waals surface area contributed by atoms with Crippen molar-refractivity contribution in [2.45, 2.75) is 5.92 Å². The lowest BCUT2D eigenvalue weighted by Gasteiger charge is -2.17. The molecule has 0 amide bonds. The second-order valence-corrected chi connectivity index (χ2v) is 6.95. The third-order valence-electron chi connectivity index (χ3n) is 4.83. The van der Waals surface area contributed by atoms with Gasteiger partial charge >= 0.3 is 5.69 Å². The molecule has 12 nitrogen and oxygen atoms in total. The first kappa shape index (κ1) is 20.8. The van der Waals surface area contributed by atoms with Crippen molar-refractivity contribution in [2.24, 2.45) is 5.92 Å². The number of nitrogens with one attached hydrogen (secondary N) is 3. The Hall–Kier alpha value is -4.41.